The van der Waals surface area contributed by atoms with Gasteiger partial charge in [-0.15, -0.1) is 0 Å². The molecule has 0 aliphatic heterocycles. The van der Waals surface area contributed by atoms with E-state index >= 15 is 0 Å². The molecule has 76 valence electrons. The first-order chi connectivity index (χ1) is 6.09. The van der Waals surface area contributed by atoms with Crippen LogP contribution in [0.1, 0.15) is 46.5 Å². The van der Waals surface area contributed by atoms with Gasteiger partial charge in [-0.2, -0.15) is 0 Å². The number of aliphatic hydroxyl groups is 1. The zero-order valence-electron chi connectivity index (χ0n) is 9.09. The van der Waals surface area contributed by atoms with Crippen molar-refractivity contribution >= 4 is 0 Å². The summed E-state index contributed by atoms with van der Waals surface area (Å²) in [5.41, 5.74) is 1.26. The summed E-state index contributed by atoms with van der Waals surface area (Å²) in [5.74, 6) is 1.49. The summed E-state index contributed by atoms with van der Waals surface area (Å²) in [4.78, 5) is 0. The number of rotatable bonds is 3. The lowest BCUT2D eigenvalue weighted by molar-refractivity contribution is 0.220. The maximum Gasteiger partial charge on any atom is 0.0722 e. The molecule has 0 saturated carbocycles. The predicted octanol–water partition coefficient (Wildman–Crippen LogP) is 3.14. The number of hydrogen-bond acceptors (Lipinski definition) is 1. The maximum absolute atomic E-state index is 9.46. The van der Waals surface area contributed by atoms with E-state index in [1.807, 2.05) is 6.92 Å². The monoisotopic (exact) mass is 182 g/mol. The van der Waals surface area contributed by atoms with Crippen LogP contribution in [0.2, 0.25) is 0 Å². The Balaban J connectivity index is 2.52. The van der Waals surface area contributed by atoms with Gasteiger partial charge in [0.15, 0.2) is 0 Å². The molecule has 0 amide bonds. The molecule has 1 aliphatic rings. The summed E-state index contributed by atoms with van der Waals surface area (Å²) < 4.78 is 0. The van der Waals surface area contributed by atoms with E-state index in [9.17, 15) is 5.11 Å². The van der Waals surface area contributed by atoms with Crippen molar-refractivity contribution in [2.24, 2.45) is 11.8 Å². The molecule has 0 heterocycles. The molecule has 0 fully saturated rings. The second kappa shape index (κ2) is 4.80. The fraction of sp³-hybridized carbons (Fsp3) is 0.833. The van der Waals surface area contributed by atoms with Crippen LogP contribution in [0.3, 0.4) is 0 Å². The van der Waals surface area contributed by atoms with Crippen molar-refractivity contribution in [1.29, 1.82) is 0 Å². The minimum Gasteiger partial charge on any atom is -0.389 e. The number of allylic oxidation sites excluding steroid dienone is 1. The van der Waals surface area contributed by atoms with E-state index in [-0.39, 0.29) is 6.10 Å². The predicted molar refractivity (Wildman–Crippen MR) is 56.6 cm³/mol. The molecule has 2 atom stereocenters. The smallest absolute Gasteiger partial charge is 0.0722 e. The van der Waals surface area contributed by atoms with Crippen LogP contribution in [0.25, 0.3) is 0 Å². The van der Waals surface area contributed by atoms with E-state index < -0.39 is 0 Å². The van der Waals surface area contributed by atoms with Gasteiger partial charge in [-0.05, 0) is 50.0 Å². The minimum absolute atomic E-state index is 0.227. The van der Waals surface area contributed by atoms with E-state index in [2.05, 4.69) is 19.9 Å². The zero-order valence-corrected chi connectivity index (χ0v) is 9.09. The van der Waals surface area contributed by atoms with Gasteiger partial charge in [-0.3, -0.25) is 0 Å². The van der Waals surface area contributed by atoms with Crippen molar-refractivity contribution in [3.8, 4) is 0 Å². The SMILES string of the molecule is CC(C)CC1C=C(C(C)O)CCC1. The molecule has 0 aromatic heterocycles. The summed E-state index contributed by atoms with van der Waals surface area (Å²) in [6, 6.07) is 0. The van der Waals surface area contributed by atoms with E-state index in [1.54, 1.807) is 0 Å². The second-order valence-corrected chi connectivity index (χ2v) is 4.70. The van der Waals surface area contributed by atoms with Crippen molar-refractivity contribution in [2.75, 3.05) is 0 Å². The van der Waals surface area contributed by atoms with Crippen molar-refractivity contribution < 1.29 is 5.11 Å². The molecule has 1 N–H and O–H groups in total. The van der Waals surface area contributed by atoms with Gasteiger partial charge >= 0.3 is 0 Å². The minimum atomic E-state index is -0.227. The van der Waals surface area contributed by atoms with E-state index in [4.69, 9.17) is 0 Å². The summed E-state index contributed by atoms with van der Waals surface area (Å²) in [6.07, 6.45) is 7.04. The van der Waals surface area contributed by atoms with Crippen molar-refractivity contribution in [3.63, 3.8) is 0 Å². The molecule has 1 rings (SSSR count). The Kier molecular flexibility index (Phi) is 3.98. The highest BCUT2D eigenvalue weighted by molar-refractivity contribution is 5.11. The number of hydrogen-bond donors (Lipinski definition) is 1. The summed E-state index contributed by atoms with van der Waals surface area (Å²) >= 11 is 0. The van der Waals surface area contributed by atoms with Crippen LogP contribution in [0.5, 0.6) is 0 Å². The van der Waals surface area contributed by atoms with Gasteiger partial charge in [0.25, 0.3) is 0 Å². The Hall–Kier alpha value is -0.300. The van der Waals surface area contributed by atoms with Gasteiger partial charge in [0.1, 0.15) is 0 Å². The molecule has 0 radical (unpaired) electrons. The summed E-state index contributed by atoms with van der Waals surface area (Å²) in [5, 5.41) is 9.46. The Morgan fingerprint density at radius 2 is 2.15 bits per heavy atom. The van der Waals surface area contributed by atoms with Crippen LogP contribution in [-0.4, -0.2) is 11.2 Å². The van der Waals surface area contributed by atoms with Gasteiger partial charge < -0.3 is 5.11 Å². The third kappa shape index (κ3) is 3.51. The Morgan fingerprint density at radius 3 is 2.69 bits per heavy atom. The molecule has 1 nitrogen and oxygen atoms in total. The number of aliphatic hydroxyl groups excluding tert-OH is 1. The lowest BCUT2D eigenvalue weighted by Crippen LogP contribution is -2.13. The first-order valence-corrected chi connectivity index (χ1v) is 5.48. The molecular formula is C12H22O. The lowest BCUT2D eigenvalue weighted by atomic mass is 9.84. The third-order valence-electron chi connectivity index (χ3n) is 2.80. The van der Waals surface area contributed by atoms with Gasteiger partial charge in [-0.1, -0.05) is 19.9 Å². The molecule has 13 heavy (non-hydrogen) atoms. The van der Waals surface area contributed by atoms with Crippen molar-refractivity contribution in [3.05, 3.63) is 11.6 Å². The summed E-state index contributed by atoms with van der Waals surface area (Å²) in [7, 11) is 0. The molecule has 0 bridgehead atoms. The first kappa shape index (κ1) is 10.8. The average molecular weight is 182 g/mol. The van der Waals surface area contributed by atoms with Gasteiger partial charge in [0.05, 0.1) is 6.10 Å². The highest BCUT2D eigenvalue weighted by Gasteiger charge is 2.16. The molecule has 2 unspecified atom stereocenters. The van der Waals surface area contributed by atoms with Crippen molar-refractivity contribution in [1.82, 2.24) is 0 Å². The first-order valence-electron chi connectivity index (χ1n) is 5.48. The molecule has 0 spiro atoms. The van der Waals surface area contributed by atoms with Crippen LogP contribution >= 0.6 is 0 Å². The van der Waals surface area contributed by atoms with E-state index in [0.29, 0.717) is 0 Å². The van der Waals surface area contributed by atoms with Gasteiger partial charge in [0, 0.05) is 0 Å². The van der Waals surface area contributed by atoms with Crippen LogP contribution in [0.4, 0.5) is 0 Å². The molecule has 0 aromatic rings. The average Bonchev–Trinajstić information content (AvgIpc) is 2.03. The van der Waals surface area contributed by atoms with E-state index in [0.717, 1.165) is 18.3 Å². The van der Waals surface area contributed by atoms with Gasteiger partial charge in [-0.25, -0.2) is 0 Å². The van der Waals surface area contributed by atoms with Gasteiger partial charge in [0.2, 0.25) is 0 Å². The largest absolute Gasteiger partial charge is 0.389 e. The fourth-order valence-electron chi connectivity index (χ4n) is 2.18. The molecule has 0 saturated heterocycles. The Bertz CT molecular complexity index is 180. The molecular weight excluding hydrogens is 160 g/mol. The highest BCUT2D eigenvalue weighted by atomic mass is 16.3. The Labute approximate surface area is 81.9 Å². The topological polar surface area (TPSA) is 20.2 Å². The zero-order chi connectivity index (χ0) is 9.84. The maximum atomic E-state index is 9.46. The van der Waals surface area contributed by atoms with Crippen LogP contribution < -0.4 is 0 Å². The van der Waals surface area contributed by atoms with Crippen LogP contribution in [0, 0.1) is 11.8 Å². The molecule has 1 heteroatoms. The van der Waals surface area contributed by atoms with Crippen LogP contribution in [0.15, 0.2) is 11.6 Å². The molecule has 1 aliphatic carbocycles. The normalized spacial score (nSPS) is 25.9. The second-order valence-electron chi connectivity index (χ2n) is 4.70. The van der Waals surface area contributed by atoms with Crippen molar-refractivity contribution in [2.45, 2.75) is 52.6 Å². The fourth-order valence-corrected chi connectivity index (χ4v) is 2.18. The third-order valence-corrected chi connectivity index (χ3v) is 2.80. The quantitative estimate of drug-likeness (QED) is 0.665. The Morgan fingerprint density at radius 1 is 1.46 bits per heavy atom. The molecule has 0 aromatic carbocycles. The summed E-state index contributed by atoms with van der Waals surface area (Å²) in [6.45, 7) is 6.42. The lowest BCUT2D eigenvalue weighted by Gasteiger charge is -2.23. The standard InChI is InChI=1S/C12H22O/c1-9(2)7-11-5-4-6-12(8-11)10(3)13/h8-11,13H,4-7H2,1-3H3. The highest BCUT2D eigenvalue weighted by Crippen LogP contribution is 2.28. The van der Waals surface area contributed by atoms with Crippen LogP contribution in [-0.2, 0) is 0 Å². The van der Waals surface area contributed by atoms with E-state index in [1.165, 1.54) is 24.8 Å².